The van der Waals surface area contributed by atoms with Crippen LogP contribution in [-0.2, 0) is 7.05 Å². The molecule has 23 heavy (non-hydrogen) atoms. The minimum absolute atomic E-state index is 0.0253. The zero-order valence-electron chi connectivity index (χ0n) is 13.0. The van der Waals surface area contributed by atoms with Crippen molar-refractivity contribution < 1.29 is 4.74 Å². The van der Waals surface area contributed by atoms with Gasteiger partial charge in [0.25, 0.3) is 5.56 Å². The number of aryl methyl sites for hydroxylation is 2. The molecule has 0 radical (unpaired) electrons. The van der Waals surface area contributed by atoms with Crippen LogP contribution in [0.15, 0.2) is 59.5 Å². The highest BCUT2D eigenvalue weighted by molar-refractivity contribution is 5.70. The highest BCUT2D eigenvalue weighted by atomic mass is 16.5. The van der Waals surface area contributed by atoms with Crippen molar-refractivity contribution in [3.05, 3.63) is 70.6 Å². The van der Waals surface area contributed by atoms with Crippen LogP contribution in [0, 0.1) is 6.92 Å². The van der Waals surface area contributed by atoms with Crippen molar-refractivity contribution in [1.29, 1.82) is 0 Å². The predicted molar refractivity (Wildman–Crippen MR) is 90.6 cm³/mol. The highest BCUT2D eigenvalue weighted by Crippen LogP contribution is 2.32. The SMILES string of the molecule is Cc1cc(-c2ccc(N)nc2Oc2ccccc2)cn(C)c1=O. The molecule has 2 aromatic heterocycles. The molecule has 0 fully saturated rings. The van der Waals surface area contributed by atoms with E-state index in [1.807, 2.05) is 42.5 Å². The van der Waals surface area contributed by atoms with Crippen LogP contribution in [0.3, 0.4) is 0 Å². The van der Waals surface area contributed by atoms with Crippen molar-refractivity contribution in [2.75, 3.05) is 5.73 Å². The van der Waals surface area contributed by atoms with Crippen LogP contribution in [0.2, 0.25) is 0 Å². The molecule has 0 saturated heterocycles. The average molecular weight is 307 g/mol. The monoisotopic (exact) mass is 307 g/mol. The Morgan fingerprint density at radius 3 is 2.57 bits per heavy atom. The molecular weight excluding hydrogens is 290 g/mol. The number of nitrogens with zero attached hydrogens (tertiary/aromatic N) is 2. The summed E-state index contributed by atoms with van der Waals surface area (Å²) in [6.07, 6.45) is 1.76. The van der Waals surface area contributed by atoms with Crippen LogP contribution in [0.4, 0.5) is 5.82 Å². The predicted octanol–water partition coefficient (Wildman–Crippen LogP) is 3.13. The van der Waals surface area contributed by atoms with Gasteiger partial charge in [0.05, 0.1) is 0 Å². The number of aromatic nitrogens is 2. The van der Waals surface area contributed by atoms with Crippen LogP contribution in [0.5, 0.6) is 11.6 Å². The van der Waals surface area contributed by atoms with E-state index in [2.05, 4.69) is 4.98 Å². The van der Waals surface area contributed by atoms with Gasteiger partial charge < -0.3 is 15.0 Å². The number of ether oxygens (including phenoxy) is 1. The molecular formula is C18H17N3O2. The fourth-order valence-corrected chi connectivity index (χ4v) is 2.38. The number of para-hydroxylation sites is 1. The van der Waals surface area contributed by atoms with E-state index >= 15 is 0 Å². The van der Waals surface area contributed by atoms with Gasteiger partial charge in [0.15, 0.2) is 0 Å². The Bertz CT molecular complexity index is 876. The van der Waals surface area contributed by atoms with E-state index in [0.29, 0.717) is 23.0 Å². The second kappa shape index (κ2) is 5.96. The summed E-state index contributed by atoms with van der Waals surface area (Å²) in [7, 11) is 1.72. The first-order valence-electron chi connectivity index (χ1n) is 7.21. The summed E-state index contributed by atoms with van der Waals surface area (Å²) < 4.78 is 7.43. The first-order valence-corrected chi connectivity index (χ1v) is 7.21. The molecule has 1 aromatic carbocycles. The first kappa shape index (κ1) is 14.8. The van der Waals surface area contributed by atoms with E-state index in [-0.39, 0.29) is 5.56 Å². The zero-order valence-corrected chi connectivity index (χ0v) is 13.0. The maximum atomic E-state index is 11.9. The van der Waals surface area contributed by atoms with E-state index in [4.69, 9.17) is 10.5 Å². The van der Waals surface area contributed by atoms with Crippen LogP contribution >= 0.6 is 0 Å². The van der Waals surface area contributed by atoms with E-state index in [1.54, 1.807) is 30.8 Å². The third-order valence-electron chi connectivity index (χ3n) is 3.51. The molecule has 0 saturated carbocycles. The quantitative estimate of drug-likeness (QED) is 0.807. The molecule has 0 aliphatic carbocycles. The van der Waals surface area contributed by atoms with Crippen molar-refractivity contribution in [3.8, 4) is 22.8 Å². The van der Waals surface area contributed by atoms with E-state index in [1.165, 1.54) is 0 Å². The summed E-state index contributed by atoms with van der Waals surface area (Å²) in [5.41, 5.74) is 8.06. The maximum absolute atomic E-state index is 11.9. The van der Waals surface area contributed by atoms with Crippen molar-refractivity contribution >= 4 is 5.82 Å². The molecule has 3 rings (SSSR count). The number of nitrogen functional groups attached to an aromatic ring is 1. The fraction of sp³-hybridized carbons (Fsp3) is 0.111. The van der Waals surface area contributed by atoms with Crippen LogP contribution in [0.25, 0.3) is 11.1 Å². The Kier molecular flexibility index (Phi) is 3.85. The molecule has 0 aliphatic rings. The third kappa shape index (κ3) is 3.08. The number of hydrogen-bond acceptors (Lipinski definition) is 4. The molecule has 0 aliphatic heterocycles. The molecule has 5 nitrogen and oxygen atoms in total. The Morgan fingerprint density at radius 1 is 1.13 bits per heavy atom. The minimum Gasteiger partial charge on any atom is -0.438 e. The minimum atomic E-state index is -0.0253. The summed E-state index contributed by atoms with van der Waals surface area (Å²) >= 11 is 0. The van der Waals surface area contributed by atoms with Crippen LogP contribution < -0.4 is 16.0 Å². The topological polar surface area (TPSA) is 70.1 Å². The number of nitrogens with two attached hydrogens (primary N) is 1. The standard InChI is InChI=1S/C18H17N3O2/c1-12-10-13(11-21(2)18(12)22)15-8-9-16(19)20-17(15)23-14-6-4-3-5-7-14/h3-11H,1-2H3,(H2,19,20). The van der Waals surface area contributed by atoms with Gasteiger partial charge in [-0.2, -0.15) is 4.98 Å². The summed E-state index contributed by atoms with van der Waals surface area (Å²) in [4.78, 5) is 16.2. The fourth-order valence-electron chi connectivity index (χ4n) is 2.38. The van der Waals surface area contributed by atoms with Gasteiger partial charge in [0.2, 0.25) is 5.88 Å². The average Bonchev–Trinajstić information content (AvgIpc) is 2.53. The molecule has 0 atom stereocenters. The molecule has 116 valence electrons. The number of hydrogen-bond donors (Lipinski definition) is 1. The summed E-state index contributed by atoms with van der Waals surface area (Å²) in [6.45, 7) is 1.79. The molecule has 0 unspecified atom stereocenters. The normalized spacial score (nSPS) is 10.5. The highest BCUT2D eigenvalue weighted by Gasteiger charge is 2.12. The Hall–Kier alpha value is -3.08. The summed E-state index contributed by atoms with van der Waals surface area (Å²) in [5, 5.41) is 0. The molecule has 0 spiro atoms. The Morgan fingerprint density at radius 2 is 1.87 bits per heavy atom. The van der Waals surface area contributed by atoms with Gasteiger partial charge in [-0.1, -0.05) is 18.2 Å². The lowest BCUT2D eigenvalue weighted by Crippen LogP contribution is -2.18. The van der Waals surface area contributed by atoms with E-state index in [9.17, 15) is 4.79 Å². The lowest BCUT2D eigenvalue weighted by Gasteiger charge is -2.12. The van der Waals surface area contributed by atoms with E-state index < -0.39 is 0 Å². The molecule has 3 aromatic rings. The summed E-state index contributed by atoms with van der Waals surface area (Å²) in [6, 6.07) is 14.8. The van der Waals surface area contributed by atoms with Gasteiger partial charge in [-0.3, -0.25) is 4.79 Å². The number of rotatable bonds is 3. The van der Waals surface area contributed by atoms with Gasteiger partial charge in [-0.15, -0.1) is 0 Å². The number of pyridine rings is 2. The molecule has 5 heteroatoms. The van der Waals surface area contributed by atoms with Gasteiger partial charge in [-0.05, 0) is 37.3 Å². The Labute approximate surface area is 134 Å². The lowest BCUT2D eigenvalue weighted by atomic mass is 10.1. The van der Waals surface area contributed by atoms with Gasteiger partial charge in [0.1, 0.15) is 11.6 Å². The third-order valence-corrected chi connectivity index (χ3v) is 3.51. The van der Waals surface area contributed by atoms with Crippen LogP contribution in [-0.4, -0.2) is 9.55 Å². The molecule has 0 bridgehead atoms. The lowest BCUT2D eigenvalue weighted by molar-refractivity contribution is 0.466. The summed E-state index contributed by atoms with van der Waals surface area (Å²) in [5.74, 6) is 1.46. The van der Waals surface area contributed by atoms with Gasteiger partial charge in [0, 0.05) is 29.9 Å². The van der Waals surface area contributed by atoms with Crippen LogP contribution in [0.1, 0.15) is 5.56 Å². The Balaban J connectivity index is 2.11. The zero-order chi connectivity index (χ0) is 16.4. The second-order valence-corrected chi connectivity index (χ2v) is 5.33. The first-order chi connectivity index (χ1) is 11.0. The molecule has 2 N–H and O–H groups in total. The van der Waals surface area contributed by atoms with Crippen molar-refractivity contribution in [2.24, 2.45) is 7.05 Å². The van der Waals surface area contributed by atoms with Gasteiger partial charge >= 0.3 is 0 Å². The van der Waals surface area contributed by atoms with E-state index in [0.717, 1.165) is 11.1 Å². The number of anilines is 1. The maximum Gasteiger partial charge on any atom is 0.253 e. The second-order valence-electron chi connectivity index (χ2n) is 5.33. The smallest absolute Gasteiger partial charge is 0.253 e. The molecule has 2 heterocycles. The molecule has 0 amide bonds. The largest absolute Gasteiger partial charge is 0.438 e. The van der Waals surface area contributed by atoms with Crippen molar-refractivity contribution in [2.45, 2.75) is 6.92 Å². The van der Waals surface area contributed by atoms with Crippen molar-refractivity contribution in [1.82, 2.24) is 9.55 Å². The van der Waals surface area contributed by atoms with Crippen molar-refractivity contribution in [3.63, 3.8) is 0 Å². The van der Waals surface area contributed by atoms with Gasteiger partial charge in [-0.25, -0.2) is 0 Å². The number of benzene rings is 1.